The minimum Gasteiger partial charge on any atom is -0.467 e. The number of ketones is 1. The van der Waals surface area contributed by atoms with E-state index in [1.165, 1.54) is 13.8 Å². The van der Waals surface area contributed by atoms with E-state index in [4.69, 9.17) is 20.4 Å². The van der Waals surface area contributed by atoms with Gasteiger partial charge in [0.05, 0.1) is 7.11 Å². The van der Waals surface area contributed by atoms with Gasteiger partial charge in [0.15, 0.2) is 12.4 Å². The Bertz CT molecular complexity index is 273. The fourth-order valence-electron chi connectivity index (χ4n) is 0.729. The molecule has 0 saturated heterocycles. The van der Waals surface area contributed by atoms with Crippen molar-refractivity contribution in [2.75, 3.05) is 7.11 Å². The third-order valence-electron chi connectivity index (χ3n) is 1.61. The standard InChI is InChI=1S/C7H12O7.C3H6O/c1-14-7(13)6(12)5(11)4(10)3(9)2-8;1-3(2)4/h2-6,9-12H,1H3;1-2H3. The van der Waals surface area contributed by atoms with E-state index < -0.39 is 30.4 Å². The van der Waals surface area contributed by atoms with Crippen LogP contribution in [-0.4, -0.2) is 70.0 Å². The first kappa shape index (κ1) is 19.0. The molecule has 0 aliphatic rings. The van der Waals surface area contributed by atoms with Crippen molar-refractivity contribution in [1.29, 1.82) is 0 Å². The number of Topliss-reactive ketones (excluding diaryl/α,β-unsaturated/α-hetero) is 1. The lowest BCUT2D eigenvalue weighted by atomic mass is 10.0. The maximum absolute atomic E-state index is 10.7. The summed E-state index contributed by atoms with van der Waals surface area (Å²) in [7, 11) is 0.973. The Balaban J connectivity index is 0. The van der Waals surface area contributed by atoms with Gasteiger partial charge in [0, 0.05) is 0 Å². The van der Waals surface area contributed by atoms with Gasteiger partial charge in [0.25, 0.3) is 0 Å². The number of carbonyl (C=O) groups is 3. The third-order valence-corrected chi connectivity index (χ3v) is 1.61. The van der Waals surface area contributed by atoms with Gasteiger partial charge in [-0.05, 0) is 13.8 Å². The fourth-order valence-corrected chi connectivity index (χ4v) is 0.729. The van der Waals surface area contributed by atoms with E-state index in [1.54, 1.807) is 0 Å². The summed E-state index contributed by atoms with van der Waals surface area (Å²) in [5, 5.41) is 35.8. The van der Waals surface area contributed by atoms with Gasteiger partial charge in [-0.15, -0.1) is 0 Å². The molecule has 0 aliphatic heterocycles. The number of rotatable bonds is 5. The Morgan fingerprint density at radius 2 is 1.44 bits per heavy atom. The molecule has 18 heavy (non-hydrogen) atoms. The van der Waals surface area contributed by atoms with Gasteiger partial charge < -0.3 is 34.8 Å². The maximum Gasteiger partial charge on any atom is 0.337 e. The van der Waals surface area contributed by atoms with Gasteiger partial charge in [-0.3, -0.25) is 0 Å². The minimum absolute atomic E-state index is 0.0299. The molecule has 0 aromatic heterocycles. The van der Waals surface area contributed by atoms with Crippen LogP contribution in [0.2, 0.25) is 0 Å². The summed E-state index contributed by atoms with van der Waals surface area (Å²) in [5.41, 5.74) is 0. The molecule has 0 fully saturated rings. The third kappa shape index (κ3) is 7.85. The molecular formula is C10H18O8. The van der Waals surface area contributed by atoms with Crippen LogP contribution in [0.1, 0.15) is 13.8 Å². The molecule has 0 amide bonds. The molecule has 0 bridgehead atoms. The molecule has 0 aromatic carbocycles. The van der Waals surface area contributed by atoms with Crippen LogP contribution in [-0.2, 0) is 19.1 Å². The van der Waals surface area contributed by atoms with E-state index in [0.717, 1.165) is 7.11 Å². The Morgan fingerprint density at radius 1 is 1.06 bits per heavy atom. The molecule has 106 valence electrons. The summed E-state index contributed by atoms with van der Waals surface area (Å²) >= 11 is 0. The second-order valence-electron chi connectivity index (χ2n) is 3.48. The summed E-state index contributed by atoms with van der Waals surface area (Å²) in [6.45, 7) is 3.06. The Labute approximate surface area is 104 Å². The summed E-state index contributed by atoms with van der Waals surface area (Å²) in [4.78, 5) is 30.1. The summed E-state index contributed by atoms with van der Waals surface area (Å²) in [5.74, 6) is -1.00. The van der Waals surface area contributed by atoms with Crippen LogP contribution in [0.15, 0.2) is 0 Å². The van der Waals surface area contributed by atoms with Crippen molar-refractivity contribution >= 4 is 18.0 Å². The molecule has 4 atom stereocenters. The monoisotopic (exact) mass is 266 g/mol. The summed E-state index contributed by atoms with van der Waals surface area (Å²) in [6, 6.07) is 0. The van der Waals surface area contributed by atoms with Crippen LogP contribution in [0.5, 0.6) is 0 Å². The highest BCUT2D eigenvalue weighted by Gasteiger charge is 2.34. The number of hydrogen-bond acceptors (Lipinski definition) is 8. The zero-order valence-corrected chi connectivity index (χ0v) is 10.3. The van der Waals surface area contributed by atoms with Crippen molar-refractivity contribution < 1.29 is 39.5 Å². The number of hydrogen-bond donors (Lipinski definition) is 4. The van der Waals surface area contributed by atoms with Crippen molar-refractivity contribution in [3.63, 3.8) is 0 Å². The van der Waals surface area contributed by atoms with Crippen LogP contribution >= 0.6 is 0 Å². The first-order valence-corrected chi connectivity index (χ1v) is 4.91. The zero-order chi connectivity index (χ0) is 14.9. The quantitative estimate of drug-likeness (QED) is 0.313. The molecule has 4 N–H and O–H groups in total. The molecular weight excluding hydrogens is 248 g/mol. The Hall–Kier alpha value is -1.35. The minimum atomic E-state index is -2.01. The highest BCUT2D eigenvalue weighted by Crippen LogP contribution is 2.05. The van der Waals surface area contributed by atoms with E-state index >= 15 is 0 Å². The second kappa shape index (κ2) is 9.66. The van der Waals surface area contributed by atoms with Gasteiger partial charge in [-0.2, -0.15) is 0 Å². The summed E-state index contributed by atoms with van der Waals surface area (Å²) in [6.07, 6.45) is -7.84. The van der Waals surface area contributed by atoms with E-state index in [-0.39, 0.29) is 12.1 Å². The van der Waals surface area contributed by atoms with Gasteiger partial charge in [0.1, 0.15) is 24.1 Å². The molecule has 0 rings (SSSR count). The van der Waals surface area contributed by atoms with Gasteiger partial charge in [0.2, 0.25) is 0 Å². The van der Waals surface area contributed by atoms with Crippen LogP contribution in [0.3, 0.4) is 0 Å². The maximum atomic E-state index is 10.7. The van der Waals surface area contributed by atoms with E-state index in [9.17, 15) is 14.4 Å². The Morgan fingerprint density at radius 3 is 1.72 bits per heavy atom. The average Bonchev–Trinajstić information content (AvgIpc) is 2.33. The summed E-state index contributed by atoms with van der Waals surface area (Å²) < 4.78 is 4.07. The van der Waals surface area contributed by atoms with Crippen molar-refractivity contribution in [2.24, 2.45) is 0 Å². The van der Waals surface area contributed by atoms with Crippen molar-refractivity contribution in [3.8, 4) is 0 Å². The van der Waals surface area contributed by atoms with E-state index in [1.807, 2.05) is 0 Å². The van der Waals surface area contributed by atoms with Gasteiger partial charge in [-0.25, -0.2) is 4.79 Å². The van der Waals surface area contributed by atoms with Crippen LogP contribution < -0.4 is 0 Å². The first-order valence-electron chi connectivity index (χ1n) is 4.91. The molecule has 0 spiro atoms. The molecule has 0 heterocycles. The van der Waals surface area contributed by atoms with Crippen LogP contribution in [0.25, 0.3) is 0 Å². The zero-order valence-electron chi connectivity index (χ0n) is 10.3. The predicted molar refractivity (Wildman–Crippen MR) is 58.5 cm³/mol. The highest BCUT2D eigenvalue weighted by atomic mass is 16.5. The van der Waals surface area contributed by atoms with Gasteiger partial charge in [-0.1, -0.05) is 0 Å². The number of aldehydes is 1. The molecule has 4 unspecified atom stereocenters. The average molecular weight is 266 g/mol. The Kier molecular flexibility index (Phi) is 10.2. The van der Waals surface area contributed by atoms with Crippen molar-refractivity contribution in [2.45, 2.75) is 38.3 Å². The largest absolute Gasteiger partial charge is 0.467 e. The smallest absolute Gasteiger partial charge is 0.337 e. The molecule has 0 aliphatic carbocycles. The second-order valence-corrected chi connectivity index (χ2v) is 3.48. The lowest BCUT2D eigenvalue weighted by Gasteiger charge is -2.22. The number of aliphatic hydroxyl groups is 4. The van der Waals surface area contributed by atoms with Gasteiger partial charge >= 0.3 is 5.97 Å². The molecule has 8 heteroatoms. The molecule has 8 nitrogen and oxygen atoms in total. The number of esters is 1. The first-order chi connectivity index (χ1) is 8.18. The normalized spacial score (nSPS) is 16.4. The number of carbonyl (C=O) groups excluding carboxylic acids is 3. The molecule has 0 radical (unpaired) electrons. The number of ether oxygens (including phenoxy) is 1. The lowest BCUT2D eigenvalue weighted by Crippen LogP contribution is -2.48. The van der Waals surface area contributed by atoms with Crippen LogP contribution in [0.4, 0.5) is 0 Å². The molecule has 0 saturated carbocycles. The predicted octanol–water partition coefficient (Wildman–Crippen LogP) is -2.60. The SMILES string of the molecule is CC(C)=O.COC(=O)C(O)C(O)C(O)C(O)C=O. The lowest BCUT2D eigenvalue weighted by molar-refractivity contribution is -0.166. The van der Waals surface area contributed by atoms with Crippen LogP contribution in [0, 0.1) is 0 Å². The van der Waals surface area contributed by atoms with E-state index in [2.05, 4.69) is 4.74 Å². The topological polar surface area (TPSA) is 141 Å². The molecule has 0 aromatic rings. The highest BCUT2D eigenvalue weighted by molar-refractivity contribution is 5.75. The van der Waals surface area contributed by atoms with Crippen molar-refractivity contribution in [1.82, 2.24) is 0 Å². The van der Waals surface area contributed by atoms with Crippen molar-refractivity contribution in [3.05, 3.63) is 0 Å². The fraction of sp³-hybridized carbons (Fsp3) is 0.700. The number of aliphatic hydroxyl groups excluding tert-OH is 4. The number of methoxy groups -OCH3 is 1. The van der Waals surface area contributed by atoms with E-state index in [0.29, 0.717) is 0 Å².